The first-order chi connectivity index (χ1) is 10.8. The van der Waals surface area contributed by atoms with Crippen LogP contribution in [0.25, 0.3) is 0 Å². The molecule has 0 spiro atoms. The largest absolute Gasteiger partial charge is 0.496 e. The van der Waals surface area contributed by atoms with Gasteiger partial charge in [0, 0.05) is 12.6 Å². The van der Waals surface area contributed by atoms with Gasteiger partial charge < -0.3 is 9.64 Å². The van der Waals surface area contributed by atoms with Gasteiger partial charge in [-0.25, -0.2) is 8.78 Å². The van der Waals surface area contributed by atoms with E-state index in [0.29, 0.717) is 21.3 Å². The Bertz CT molecular complexity index is 737. The third kappa shape index (κ3) is 3.69. The molecule has 0 aromatic heterocycles. The van der Waals surface area contributed by atoms with Crippen LogP contribution in [0, 0.1) is 11.6 Å². The number of carbonyl (C=O) groups excluding carboxylic acids is 1. The summed E-state index contributed by atoms with van der Waals surface area (Å²) < 4.78 is 32.2. The third-order valence-corrected chi connectivity index (χ3v) is 4.35. The Morgan fingerprint density at radius 3 is 2.43 bits per heavy atom. The van der Waals surface area contributed by atoms with Crippen molar-refractivity contribution in [2.24, 2.45) is 0 Å². The molecule has 0 radical (unpaired) electrons. The number of ether oxygens (including phenoxy) is 1. The van der Waals surface area contributed by atoms with Crippen LogP contribution in [0.4, 0.5) is 8.78 Å². The van der Waals surface area contributed by atoms with Gasteiger partial charge in [0.15, 0.2) is 11.6 Å². The van der Waals surface area contributed by atoms with Gasteiger partial charge in [-0.1, -0.05) is 6.07 Å². The minimum Gasteiger partial charge on any atom is -0.496 e. The summed E-state index contributed by atoms with van der Waals surface area (Å²) in [6, 6.07) is 8.23. The highest BCUT2D eigenvalue weighted by molar-refractivity contribution is 9.10. The Morgan fingerprint density at radius 1 is 1.17 bits per heavy atom. The molecule has 1 amide bonds. The molecule has 0 aliphatic carbocycles. The number of nitrogens with zero attached hydrogens (tertiary/aromatic N) is 1. The van der Waals surface area contributed by atoms with E-state index in [-0.39, 0.29) is 5.91 Å². The SMILES string of the molecule is COc1ccc(C(=O)N(C)C(C)c2ccc(F)c(F)c2)cc1Br. The van der Waals surface area contributed by atoms with Crippen molar-refractivity contribution in [3.05, 3.63) is 63.6 Å². The Morgan fingerprint density at radius 2 is 1.87 bits per heavy atom. The number of hydrogen-bond acceptors (Lipinski definition) is 2. The first-order valence-corrected chi connectivity index (χ1v) is 7.70. The van der Waals surface area contributed by atoms with Crippen molar-refractivity contribution in [1.82, 2.24) is 4.90 Å². The molecule has 2 rings (SSSR count). The second kappa shape index (κ2) is 7.08. The molecule has 0 saturated heterocycles. The maximum atomic E-state index is 13.4. The van der Waals surface area contributed by atoms with Gasteiger partial charge in [0.2, 0.25) is 0 Å². The molecule has 122 valence electrons. The summed E-state index contributed by atoms with van der Waals surface area (Å²) in [5.41, 5.74) is 0.988. The predicted molar refractivity (Wildman–Crippen MR) is 87.6 cm³/mol. The van der Waals surface area contributed by atoms with Gasteiger partial charge in [0.25, 0.3) is 5.91 Å². The highest BCUT2D eigenvalue weighted by Gasteiger charge is 2.20. The molecular formula is C17H16BrF2NO2. The van der Waals surface area contributed by atoms with Crippen molar-refractivity contribution in [2.45, 2.75) is 13.0 Å². The fourth-order valence-electron chi connectivity index (χ4n) is 2.17. The lowest BCUT2D eigenvalue weighted by molar-refractivity contribution is 0.0742. The van der Waals surface area contributed by atoms with E-state index < -0.39 is 17.7 Å². The van der Waals surface area contributed by atoms with Crippen molar-refractivity contribution < 1.29 is 18.3 Å². The lowest BCUT2D eigenvalue weighted by Gasteiger charge is -2.25. The minimum absolute atomic E-state index is 0.231. The topological polar surface area (TPSA) is 29.5 Å². The van der Waals surface area contributed by atoms with Crippen molar-refractivity contribution in [3.63, 3.8) is 0 Å². The van der Waals surface area contributed by atoms with Crippen LogP contribution in [-0.4, -0.2) is 25.0 Å². The molecular weight excluding hydrogens is 368 g/mol. The third-order valence-electron chi connectivity index (χ3n) is 3.73. The van der Waals surface area contributed by atoms with Crippen molar-refractivity contribution in [1.29, 1.82) is 0 Å². The molecule has 2 aromatic rings. The fourth-order valence-corrected chi connectivity index (χ4v) is 2.72. The molecule has 0 bridgehead atoms. The molecule has 2 aromatic carbocycles. The summed E-state index contributed by atoms with van der Waals surface area (Å²) in [7, 11) is 3.16. The molecule has 23 heavy (non-hydrogen) atoms. The summed E-state index contributed by atoms with van der Waals surface area (Å²) >= 11 is 3.34. The van der Waals surface area contributed by atoms with Crippen LogP contribution in [0.2, 0.25) is 0 Å². The number of hydrogen-bond donors (Lipinski definition) is 0. The summed E-state index contributed by atoms with van der Waals surface area (Å²) in [5.74, 6) is -1.44. The Balaban J connectivity index is 2.24. The Hall–Kier alpha value is -1.95. The minimum atomic E-state index is -0.928. The zero-order valence-electron chi connectivity index (χ0n) is 12.9. The number of rotatable bonds is 4. The second-order valence-electron chi connectivity index (χ2n) is 5.11. The number of benzene rings is 2. The van der Waals surface area contributed by atoms with Gasteiger partial charge in [0.05, 0.1) is 17.6 Å². The maximum absolute atomic E-state index is 13.4. The highest BCUT2D eigenvalue weighted by Crippen LogP contribution is 2.28. The lowest BCUT2D eigenvalue weighted by atomic mass is 10.1. The second-order valence-corrected chi connectivity index (χ2v) is 5.97. The molecule has 6 heteroatoms. The first-order valence-electron chi connectivity index (χ1n) is 6.90. The summed E-state index contributed by atoms with van der Waals surface area (Å²) in [4.78, 5) is 14.0. The number of methoxy groups -OCH3 is 1. The molecule has 0 saturated carbocycles. The molecule has 0 aliphatic rings. The average Bonchev–Trinajstić information content (AvgIpc) is 2.55. The van der Waals surface area contributed by atoms with Crippen LogP contribution in [0.1, 0.15) is 28.9 Å². The van der Waals surface area contributed by atoms with E-state index in [4.69, 9.17) is 4.74 Å². The summed E-state index contributed by atoms with van der Waals surface area (Å²) in [6.07, 6.45) is 0. The van der Waals surface area contributed by atoms with Gasteiger partial charge in [-0.3, -0.25) is 4.79 Å². The van der Waals surface area contributed by atoms with E-state index in [1.54, 1.807) is 39.3 Å². The Kier molecular flexibility index (Phi) is 5.36. The van der Waals surface area contributed by atoms with Crippen LogP contribution in [0.15, 0.2) is 40.9 Å². The smallest absolute Gasteiger partial charge is 0.254 e. The van der Waals surface area contributed by atoms with Crippen molar-refractivity contribution in [2.75, 3.05) is 14.2 Å². The summed E-state index contributed by atoms with van der Waals surface area (Å²) in [6.45, 7) is 1.75. The van der Waals surface area contributed by atoms with E-state index in [2.05, 4.69) is 15.9 Å². The molecule has 1 unspecified atom stereocenters. The summed E-state index contributed by atoms with van der Waals surface area (Å²) in [5, 5.41) is 0. The van der Waals surface area contributed by atoms with E-state index in [0.717, 1.165) is 12.1 Å². The lowest BCUT2D eigenvalue weighted by Crippen LogP contribution is -2.29. The fraction of sp³-hybridized carbons (Fsp3) is 0.235. The van der Waals surface area contributed by atoms with Gasteiger partial charge in [-0.15, -0.1) is 0 Å². The normalized spacial score (nSPS) is 11.9. The molecule has 0 heterocycles. The van der Waals surface area contributed by atoms with Crippen molar-refractivity contribution >= 4 is 21.8 Å². The standard InChI is InChI=1S/C17H16BrF2NO2/c1-10(11-4-6-14(19)15(20)9-11)21(2)17(22)12-5-7-16(23-3)13(18)8-12/h4-10H,1-3H3. The van der Waals surface area contributed by atoms with Gasteiger partial charge in [-0.2, -0.15) is 0 Å². The van der Waals surface area contributed by atoms with Crippen molar-refractivity contribution in [3.8, 4) is 5.75 Å². The van der Waals surface area contributed by atoms with E-state index >= 15 is 0 Å². The van der Waals surface area contributed by atoms with E-state index in [9.17, 15) is 13.6 Å². The molecule has 0 fully saturated rings. The van der Waals surface area contributed by atoms with Crippen LogP contribution >= 0.6 is 15.9 Å². The highest BCUT2D eigenvalue weighted by atomic mass is 79.9. The van der Waals surface area contributed by atoms with E-state index in [1.165, 1.54) is 11.0 Å². The van der Waals surface area contributed by atoms with Gasteiger partial charge in [-0.05, 0) is 58.7 Å². The van der Waals surface area contributed by atoms with Crippen LogP contribution in [0.5, 0.6) is 5.75 Å². The van der Waals surface area contributed by atoms with Crippen LogP contribution in [0.3, 0.4) is 0 Å². The van der Waals surface area contributed by atoms with Gasteiger partial charge >= 0.3 is 0 Å². The van der Waals surface area contributed by atoms with Gasteiger partial charge in [0.1, 0.15) is 5.75 Å². The Labute approximate surface area is 142 Å². The number of halogens is 3. The number of amides is 1. The number of carbonyl (C=O) groups is 1. The zero-order valence-corrected chi connectivity index (χ0v) is 14.5. The first kappa shape index (κ1) is 17.4. The average molecular weight is 384 g/mol. The molecule has 0 aliphatic heterocycles. The molecule has 3 nitrogen and oxygen atoms in total. The van der Waals surface area contributed by atoms with Crippen LogP contribution in [-0.2, 0) is 0 Å². The predicted octanol–water partition coefficient (Wildman–Crippen LogP) is 4.57. The van der Waals surface area contributed by atoms with Crippen LogP contribution < -0.4 is 4.74 Å². The van der Waals surface area contributed by atoms with E-state index in [1.807, 2.05) is 0 Å². The molecule has 0 N–H and O–H groups in total. The molecule has 1 atom stereocenters. The maximum Gasteiger partial charge on any atom is 0.254 e. The zero-order chi connectivity index (χ0) is 17.1. The monoisotopic (exact) mass is 383 g/mol. The quantitative estimate of drug-likeness (QED) is 0.773.